The van der Waals surface area contributed by atoms with Crippen LogP contribution >= 0.6 is 0 Å². The molecule has 1 saturated heterocycles. The van der Waals surface area contributed by atoms with Crippen molar-refractivity contribution in [3.8, 4) is 0 Å². The minimum Gasteiger partial charge on any atom is -0.338 e. The van der Waals surface area contributed by atoms with Gasteiger partial charge < -0.3 is 10.2 Å². The quantitative estimate of drug-likeness (QED) is 0.915. The average Bonchev–Trinajstić information content (AvgIpc) is 2.99. The minimum atomic E-state index is 0.250. The van der Waals surface area contributed by atoms with Gasteiger partial charge in [-0.1, -0.05) is 13.8 Å². The number of aromatic nitrogens is 2. The smallest absolute Gasteiger partial charge is 0.223 e. The largest absolute Gasteiger partial charge is 0.338 e. The molecule has 21 heavy (non-hydrogen) atoms. The van der Waals surface area contributed by atoms with Crippen LogP contribution in [0.15, 0.2) is 6.20 Å². The molecule has 5 nitrogen and oxygen atoms in total. The summed E-state index contributed by atoms with van der Waals surface area (Å²) in [6, 6.07) is 0. The predicted octanol–water partition coefficient (Wildman–Crippen LogP) is 1.48. The van der Waals surface area contributed by atoms with Crippen LogP contribution in [0.4, 0.5) is 0 Å². The molecule has 114 valence electrons. The van der Waals surface area contributed by atoms with E-state index in [0.29, 0.717) is 24.8 Å². The van der Waals surface area contributed by atoms with Crippen molar-refractivity contribution in [1.82, 2.24) is 20.2 Å². The van der Waals surface area contributed by atoms with E-state index in [2.05, 4.69) is 24.1 Å². The van der Waals surface area contributed by atoms with Crippen LogP contribution in [0.1, 0.15) is 49.7 Å². The lowest BCUT2D eigenvalue weighted by molar-refractivity contribution is -0.132. The Morgan fingerprint density at radius 2 is 2.38 bits per heavy atom. The molecule has 0 aliphatic carbocycles. The lowest BCUT2D eigenvalue weighted by Gasteiger charge is -2.29. The first-order chi connectivity index (χ1) is 10.1. The second-order valence-electron chi connectivity index (χ2n) is 6.55. The van der Waals surface area contributed by atoms with Gasteiger partial charge in [0, 0.05) is 50.2 Å². The molecule has 0 spiro atoms. The first-order valence-electron chi connectivity index (χ1n) is 7.96. The van der Waals surface area contributed by atoms with Crippen molar-refractivity contribution < 1.29 is 4.79 Å². The Bertz CT molecular complexity index is 523. The zero-order chi connectivity index (χ0) is 14.8. The molecule has 5 heteroatoms. The number of nitrogens with one attached hydrogen (secondary N) is 1. The molecule has 0 bridgehead atoms. The summed E-state index contributed by atoms with van der Waals surface area (Å²) in [5, 5.41) is 3.36. The molecule has 1 amide bonds. The number of hydrogen-bond donors (Lipinski definition) is 1. The summed E-state index contributed by atoms with van der Waals surface area (Å²) in [4.78, 5) is 23.4. The Morgan fingerprint density at radius 1 is 1.52 bits per heavy atom. The molecule has 1 fully saturated rings. The van der Waals surface area contributed by atoms with Gasteiger partial charge in [0.25, 0.3) is 0 Å². The number of fused-ring (bicyclic) bond motifs is 1. The number of carbonyl (C=O) groups excluding carboxylic acids is 1. The van der Waals surface area contributed by atoms with Crippen LogP contribution in [0.25, 0.3) is 0 Å². The highest BCUT2D eigenvalue weighted by molar-refractivity contribution is 5.76. The van der Waals surface area contributed by atoms with Crippen LogP contribution < -0.4 is 5.32 Å². The van der Waals surface area contributed by atoms with Gasteiger partial charge in [0.1, 0.15) is 5.82 Å². The average molecular weight is 288 g/mol. The van der Waals surface area contributed by atoms with Crippen LogP contribution in [0.2, 0.25) is 0 Å². The van der Waals surface area contributed by atoms with E-state index in [1.54, 1.807) is 0 Å². The second kappa shape index (κ2) is 6.10. The topological polar surface area (TPSA) is 58.1 Å². The van der Waals surface area contributed by atoms with E-state index in [4.69, 9.17) is 4.98 Å². The third-order valence-corrected chi connectivity index (χ3v) is 4.31. The van der Waals surface area contributed by atoms with E-state index in [1.807, 2.05) is 11.1 Å². The maximum atomic E-state index is 12.2. The predicted molar refractivity (Wildman–Crippen MR) is 80.8 cm³/mol. The van der Waals surface area contributed by atoms with Crippen molar-refractivity contribution in [3.63, 3.8) is 0 Å². The van der Waals surface area contributed by atoms with E-state index in [1.165, 1.54) is 0 Å². The van der Waals surface area contributed by atoms with Crippen molar-refractivity contribution >= 4 is 5.91 Å². The maximum absolute atomic E-state index is 12.2. The fraction of sp³-hybridized carbons (Fsp3) is 0.688. The van der Waals surface area contributed by atoms with Crippen LogP contribution in [-0.4, -0.2) is 40.4 Å². The normalized spacial score (nSPS) is 21.7. The fourth-order valence-corrected chi connectivity index (χ4v) is 3.09. The van der Waals surface area contributed by atoms with Gasteiger partial charge in [-0.25, -0.2) is 9.97 Å². The Balaban J connectivity index is 1.70. The fourth-order valence-electron chi connectivity index (χ4n) is 3.09. The van der Waals surface area contributed by atoms with Crippen LogP contribution in [0, 0.1) is 5.92 Å². The van der Waals surface area contributed by atoms with E-state index in [0.717, 1.165) is 49.6 Å². The van der Waals surface area contributed by atoms with Crippen molar-refractivity contribution in [2.45, 2.75) is 45.6 Å². The van der Waals surface area contributed by atoms with Crippen molar-refractivity contribution in [3.05, 3.63) is 23.3 Å². The molecule has 0 aromatic carbocycles. The summed E-state index contributed by atoms with van der Waals surface area (Å²) >= 11 is 0. The Labute approximate surface area is 126 Å². The molecule has 1 aromatic heterocycles. The molecule has 3 rings (SSSR count). The number of hydrogen-bond acceptors (Lipinski definition) is 4. The number of amides is 1. The molecule has 0 radical (unpaired) electrons. The second-order valence-corrected chi connectivity index (χ2v) is 6.55. The summed E-state index contributed by atoms with van der Waals surface area (Å²) in [5.41, 5.74) is 2.26. The summed E-state index contributed by atoms with van der Waals surface area (Å²) in [6.45, 7) is 7.67. The van der Waals surface area contributed by atoms with Crippen molar-refractivity contribution in [2.24, 2.45) is 5.92 Å². The van der Waals surface area contributed by atoms with Crippen molar-refractivity contribution in [2.75, 3.05) is 19.6 Å². The lowest BCUT2D eigenvalue weighted by atomic mass is 10.0. The molecular weight excluding hydrogens is 264 g/mol. The standard InChI is InChI=1S/C16H24N4O/c1-11(2)7-15(21)20-6-4-14-13(10-20)9-18-16(19-14)12-3-5-17-8-12/h9,11-12,17H,3-8,10H2,1-2H3. The molecule has 1 aromatic rings. The number of nitrogens with zero attached hydrogens (tertiary/aromatic N) is 3. The monoisotopic (exact) mass is 288 g/mol. The molecule has 3 heterocycles. The van der Waals surface area contributed by atoms with Gasteiger partial charge >= 0.3 is 0 Å². The zero-order valence-corrected chi connectivity index (χ0v) is 12.9. The Hall–Kier alpha value is -1.49. The maximum Gasteiger partial charge on any atom is 0.223 e. The van der Waals surface area contributed by atoms with E-state index >= 15 is 0 Å². The highest BCUT2D eigenvalue weighted by atomic mass is 16.2. The lowest BCUT2D eigenvalue weighted by Crippen LogP contribution is -2.37. The van der Waals surface area contributed by atoms with Gasteiger partial charge in [-0.3, -0.25) is 4.79 Å². The first-order valence-corrected chi connectivity index (χ1v) is 7.96. The molecular formula is C16H24N4O. The third kappa shape index (κ3) is 3.23. The van der Waals surface area contributed by atoms with Crippen molar-refractivity contribution in [1.29, 1.82) is 0 Å². The van der Waals surface area contributed by atoms with Gasteiger partial charge in [0.15, 0.2) is 0 Å². The van der Waals surface area contributed by atoms with Gasteiger partial charge in [0.2, 0.25) is 5.91 Å². The summed E-state index contributed by atoms with van der Waals surface area (Å²) in [6.07, 6.45) is 4.54. The van der Waals surface area contributed by atoms with Gasteiger partial charge in [0.05, 0.1) is 5.69 Å². The van der Waals surface area contributed by atoms with Gasteiger partial charge in [-0.2, -0.15) is 0 Å². The molecule has 1 unspecified atom stereocenters. The van der Waals surface area contributed by atoms with E-state index < -0.39 is 0 Å². The summed E-state index contributed by atoms with van der Waals surface area (Å²) in [5.74, 6) is 2.09. The number of rotatable bonds is 3. The van der Waals surface area contributed by atoms with Gasteiger partial charge in [-0.05, 0) is 18.9 Å². The molecule has 1 N–H and O–H groups in total. The van der Waals surface area contributed by atoms with E-state index in [9.17, 15) is 4.79 Å². The molecule has 0 saturated carbocycles. The highest BCUT2D eigenvalue weighted by Gasteiger charge is 2.25. The highest BCUT2D eigenvalue weighted by Crippen LogP contribution is 2.23. The van der Waals surface area contributed by atoms with Gasteiger partial charge in [-0.15, -0.1) is 0 Å². The van der Waals surface area contributed by atoms with Crippen LogP contribution in [-0.2, 0) is 17.8 Å². The zero-order valence-electron chi connectivity index (χ0n) is 12.9. The third-order valence-electron chi connectivity index (χ3n) is 4.31. The Morgan fingerprint density at radius 3 is 3.10 bits per heavy atom. The molecule has 2 aliphatic rings. The summed E-state index contributed by atoms with van der Waals surface area (Å²) in [7, 11) is 0. The first kappa shape index (κ1) is 14.4. The SMILES string of the molecule is CC(C)CC(=O)N1CCc2nc(C3CCNC3)ncc2C1. The number of carbonyl (C=O) groups is 1. The van der Waals surface area contributed by atoms with E-state index in [-0.39, 0.29) is 5.91 Å². The van der Waals surface area contributed by atoms with Crippen LogP contribution in [0.5, 0.6) is 0 Å². The molecule has 2 aliphatic heterocycles. The Kier molecular flexibility index (Phi) is 4.19. The summed E-state index contributed by atoms with van der Waals surface area (Å²) < 4.78 is 0. The minimum absolute atomic E-state index is 0.250. The van der Waals surface area contributed by atoms with Crippen LogP contribution in [0.3, 0.4) is 0 Å². The molecule has 1 atom stereocenters.